The minimum Gasteiger partial charge on any atom is -0.206 e. The third-order valence-electron chi connectivity index (χ3n) is 1.30. The highest BCUT2D eigenvalue weighted by Crippen LogP contribution is 2.25. The summed E-state index contributed by atoms with van der Waals surface area (Å²) in [7, 11) is -0.239. The molecule has 6 heteroatoms. The van der Waals surface area contributed by atoms with Crippen molar-refractivity contribution in [3.05, 3.63) is 12.1 Å². The van der Waals surface area contributed by atoms with Crippen LogP contribution < -0.4 is 0 Å². The number of sulfonamides is 1. The van der Waals surface area contributed by atoms with Crippen LogP contribution in [-0.2, 0) is 10.0 Å². The molecule has 0 bridgehead atoms. The molecule has 1 rings (SSSR count). The van der Waals surface area contributed by atoms with Crippen LogP contribution >= 0.6 is 24.0 Å². The molecule has 0 aliphatic rings. The third kappa shape index (κ3) is 1.82. The maximum atomic E-state index is 11.4. The van der Waals surface area contributed by atoms with E-state index in [2.05, 4.69) is 12.6 Å². The summed E-state index contributed by atoms with van der Waals surface area (Å²) in [5.41, 5.74) is 0. The fourth-order valence-electron chi connectivity index (χ4n) is 0.629. The summed E-state index contributed by atoms with van der Waals surface area (Å²) >= 11 is 5.20. The van der Waals surface area contributed by atoms with Gasteiger partial charge in [-0.05, 0) is 12.1 Å². The van der Waals surface area contributed by atoms with E-state index >= 15 is 0 Å². The average Bonchev–Trinajstić information content (AvgIpc) is 2.35. The van der Waals surface area contributed by atoms with Gasteiger partial charge in [0.1, 0.15) is 4.21 Å². The highest BCUT2D eigenvalue weighted by Gasteiger charge is 2.18. The van der Waals surface area contributed by atoms with E-state index in [1.807, 2.05) is 0 Å². The van der Waals surface area contributed by atoms with E-state index < -0.39 is 10.0 Å². The molecule has 68 valence electrons. The van der Waals surface area contributed by atoms with E-state index in [0.29, 0.717) is 8.42 Å². The van der Waals surface area contributed by atoms with E-state index in [-0.39, 0.29) is 0 Å². The second kappa shape index (κ2) is 3.37. The van der Waals surface area contributed by atoms with Crippen molar-refractivity contribution >= 4 is 34.0 Å². The van der Waals surface area contributed by atoms with Gasteiger partial charge in [0.25, 0.3) is 10.0 Å². The molecule has 0 fully saturated rings. The monoisotopic (exact) mass is 223 g/mol. The van der Waals surface area contributed by atoms with Crippen LogP contribution in [0, 0.1) is 0 Å². The van der Waals surface area contributed by atoms with Crippen molar-refractivity contribution in [1.82, 2.24) is 4.31 Å². The molecular weight excluding hydrogens is 214 g/mol. The van der Waals surface area contributed by atoms with Gasteiger partial charge >= 0.3 is 0 Å². The first-order chi connectivity index (χ1) is 5.44. The van der Waals surface area contributed by atoms with Crippen molar-refractivity contribution in [3.8, 4) is 0 Å². The van der Waals surface area contributed by atoms with Crippen molar-refractivity contribution in [3.63, 3.8) is 0 Å². The van der Waals surface area contributed by atoms with Gasteiger partial charge in [-0.15, -0.1) is 24.0 Å². The molecule has 0 saturated heterocycles. The van der Waals surface area contributed by atoms with Gasteiger partial charge in [-0.1, -0.05) is 0 Å². The number of hydrogen-bond donors (Lipinski definition) is 1. The molecule has 0 radical (unpaired) electrons. The van der Waals surface area contributed by atoms with Gasteiger partial charge in [0.15, 0.2) is 0 Å². The Labute approximate surface area is 81.5 Å². The SMILES string of the molecule is CN(C)S(=O)(=O)c1ccc(S)s1. The average molecular weight is 223 g/mol. The third-order valence-corrected chi connectivity index (χ3v) is 4.90. The van der Waals surface area contributed by atoms with E-state index in [9.17, 15) is 8.42 Å². The standard InChI is InChI=1S/C6H9NO2S3/c1-7(2)12(8,9)6-4-3-5(10)11-6/h3-4,10H,1-2H3. The molecule has 12 heavy (non-hydrogen) atoms. The molecule has 0 N–H and O–H groups in total. The van der Waals surface area contributed by atoms with Crippen molar-refractivity contribution in [2.75, 3.05) is 14.1 Å². The molecule has 1 heterocycles. The van der Waals surface area contributed by atoms with Gasteiger partial charge in [-0.2, -0.15) is 0 Å². The highest BCUT2D eigenvalue weighted by molar-refractivity contribution is 7.92. The number of thiophene rings is 1. The van der Waals surface area contributed by atoms with E-state index in [4.69, 9.17) is 0 Å². The number of thiol groups is 1. The quantitative estimate of drug-likeness (QED) is 0.767. The Kier molecular flexibility index (Phi) is 2.82. The predicted octanol–water partition coefficient (Wildman–Crippen LogP) is 1.29. The van der Waals surface area contributed by atoms with Crippen LogP contribution in [0.1, 0.15) is 0 Å². The Bertz CT molecular complexity index is 366. The van der Waals surface area contributed by atoms with Crippen LogP contribution in [0.5, 0.6) is 0 Å². The Morgan fingerprint density at radius 2 is 2.00 bits per heavy atom. The Morgan fingerprint density at radius 3 is 2.33 bits per heavy atom. The summed E-state index contributed by atoms with van der Waals surface area (Å²) in [5, 5.41) is 0. The normalized spacial score (nSPS) is 12.3. The second-order valence-corrected chi connectivity index (χ2v) is 6.63. The van der Waals surface area contributed by atoms with E-state index in [1.165, 1.54) is 18.4 Å². The zero-order chi connectivity index (χ0) is 9.35. The van der Waals surface area contributed by atoms with Crippen molar-refractivity contribution < 1.29 is 8.42 Å². The van der Waals surface area contributed by atoms with Gasteiger partial charge in [0.05, 0.1) is 4.21 Å². The van der Waals surface area contributed by atoms with E-state index in [1.54, 1.807) is 12.1 Å². The molecule has 3 nitrogen and oxygen atoms in total. The first kappa shape index (κ1) is 10.0. The smallest absolute Gasteiger partial charge is 0.206 e. The molecule has 1 aromatic heterocycles. The zero-order valence-corrected chi connectivity index (χ0v) is 9.21. The first-order valence-corrected chi connectivity index (χ1v) is 5.86. The molecule has 0 atom stereocenters. The van der Waals surface area contributed by atoms with Gasteiger partial charge in [-0.25, -0.2) is 12.7 Å². The fourth-order valence-corrected chi connectivity index (χ4v) is 3.40. The lowest BCUT2D eigenvalue weighted by Gasteiger charge is -2.07. The van der Waals surface area contributed by atoms with Crippen molar-refractivity contribution in [2.24, 2.45) is 0 Å². The zero-order valence-electron chi connectivity index (χ0n) is 6.68. The largest absolute Gasteiger partial charge is 0.252 e. The second-order valence-electron chi connectivity index (χ2n) is 2.38. The molecule has 0 aliphatic carbocycles. The maximum absolute atomic E-state index is 11.4. The Balaban J connectivity index is 3.15. The summed E-state index contributed by atoms with van der Waals surface area (Å²) in [6, 6.07) is 3.23. The minimum absolute atomic E-state index is 0.331. The van der Waals surface area contributed by atoms with E-state index in [0.717, 1.165) is 11.3 Å². The van der Waals surface area contributed by atoms with Crippen molar-refractivity contribution in [2.45, 2.75) is 8.42 Å². The van der Waals surface area contributed by atoms with Gasteiger partial charge in [-0.3, -0.25) is 0 Å². The highest BCUT2D eigenvalue weighted by atomic mass is 32.3. The molecular formula is C6H9NO2S3. The van der Waals surface area contributed by atoms with Crippen LogP contribution in [-0.4, -0.2) is 26.8 Å². The molecule has 0 amide bonds. The summed E-state index contributed by atoms with van der Waals surface area (Å²) in [5.74, 6) is 0. The summed E-state index contributed by atoms with van der Waals surface area (Å²) < 4.78 is 25.1. The maximum Gasteiger partial charge on any atom is 0.252 e. The molecule has 0 saturated carbocycles. The summed E-state index contributed by atoms with van der Waals surface area (Å²) in [6.45, 7) is 0. The van der Waals surface area contributed by atoms with Gasteiger partial charge in [0, 0.05) is 14.1 Å². The lowest BCUT2D eigenvalue weighted by Crippen LogP contribution is -2.21. The van der Waals surface area contributed by atoms with Crippen LogP contribution in [0.2, 0.25) is 0 Å². The lowest BCUT2D eigenvalue weighted by molar-refractivity contribution is 0.523. The minimum atomic E-state index is -3.25. The lowest BCUT2D eigenvalue weighted by atomic mass is 10.7. The van der Waals surface area contributed by atoms with Crippen LogP contribution in [0.25, 0.3) is 0 Å². The summed E-state index contributed by atoms with van der Waals surface area (Å²) in [6.07, 6.45) is 0. The summed E-state index contributed by atoms with van der Waals surface area (Å²) in [4.78, 5) is 0. The van der Waals surface area contributed by atoms with Crippen molar-refractivity contribution in [1.29, 1.82) is 0 Å². The Morgan fingerprint density at radius 1 is 1.42 bits per heavy atom. The number of rotatable bonds is 2. The Hall–Kier alpha value is -0.0400. The van der Waals surface area contributed by atoms with Crippen LogP contribution in [0.3, 0.4) is 0 Å². The van der Waals surface area contributed by atoms with Crippen LogP contribution in [0.15, 0.2) is 20.6 Å². The predicted molar refractivity (Wildman–Crippen MR) is 52.4 cm³/mol. The van der Waals surface area contributed by atoms with Crippen LogP contribution in [0.4, 0.5) is 0 Å². The molecule has 0 unspecified atom stereocenters. The fraction of sp³-hybridized carbons (Fsp3) is 0.333. The molecule has 0 aromatic carbocycles. The molecule has 0 aliphatic heterocycles. The van der Waals surface area contributed by atoms with Gasteiger partial charge < -0.3 is 0 Å². The number of hydrogen-bond acceptors (Lipinski definition) is 4. The molecule has 0 spiro atoms. The van der Waals surface area contributed by atoms with Gasteiger partial charge in [0.2, 0.25) is 0 Å². The first-order valence-electron chi connectivity index (χ1n) is 3.16. The molecule has 1 aromatic rings. The number of nitrogens with zero attached hydrogens (tertiary/aromatic N) is 1. The topological polar surface area (TPSA) is 37.4 Å².